The molecule has 0 saturated heterocycles. The molecule has 0 bridgehead atoms. The Morgan fingerprint density at radius 3 is 2.07 bits per heavy atom. The van der Waals surface area contributed by atoms with Crippen LogP contribution >= 0.6 is 0 Å². The minimum Gasteiger partial charge on any atom is -0.392 e. The zero-order valence-electron chi connectivity index (χ0n) is 8.77. The third-order valence-electron chi connectivity index (χ3n) is 3.14. The van der Waals surface area contributed by atoms with Crippen molar-refractivity contribution in [1.82, 2.24) is 4.90 Å². The fourth-order valence-corrected chi connectivity index (χ4v) is 1.95. The Bertz CT molecular complexity index is 297. The maximum absolute atomic E-state index is 9.52. The highest BCUT2D eigenvalue weighted by Gasteiger charge is 2.24. The van der Waals surface area contributed by atoms with Gasteiger partial charge in [0.1, 0.15) is 0 Å². The van der Waals surface area contributed by atoms with Crippen molar-refractivity contribution in [1.29, 1.82) is 0 Å². The van der Waals surface area contributed by atoms with Crippen LogP contribution in [0.25, 0.3) is 0 Å². The summed E-state index contributed by atoms with van der Waals surface area (Å²) in [6.07, 6.45) is -0.260. The lowest BCUT2D eigenvalue weighted by Gasteiger charge is -2.25. The zero-order valence-corrected chi connectivity index (χ0v) is 8.77. The Hall–Kier alpha value is -0.860. The average Bonchev–Trinajstić information content (AvgIpc) is 2.59. The maximum atomic E-state index is 9.52. The van der Waals surface area contributed by atoms with Crippen molar-refractivity contribution in [2.24, 2.45) is 0 Å². The molecule has 2 heteroatoms. The highest BCUT2D eigenvalue weighted by molar-refractivity contribution is 5.30. The summed E-state index contributed by atoms with van der Waals surface area (Å²) in [7, 11) is 0. The Kier molecular flexibility index (Phi) is 2.57. The molecule has 1 aromatic rings. The predicted molar refractivity (Wildman–Crippen MR) is 56.8 cm³/mol. The molecule has 0 aromatic heterocycles. The fraction of sp³-hybridized carbons (Fsp3) is 0.500. The summed E-state index contributed by atoms with van der Waals surface area (Å²) in [6.45, 7) is 5.88. The Morgan fingerprint density at radius 1 is 1.14 bits per heavy atom. The zero-order chi connectivity index (χ0) is 10.1. The largest absolute Gasteiger partial charge is 0.392 e. The molecule has 2 unspecified atom stereocenters. The first-order valence-corrected chi connectivity index (χ1v) is 5.17. The topological polar surface area (TPSA) is 23.5 Å². The van der Waals surface area contributed by atoms with Crippen molar-refractivity contribution in [3.8, 4) is 0 Å². The fourth-order valence-electron chi connectivity index (χ4n) is 1.95. The van der Waals surface area contributed by atoms with Crippen molar-refractivity contribution in [2.75, 3.05) is 0 Å². The first-order valence-electron chi connectivity index (χ1n) is 5.17. The number of hydrogen-bond acceptors (Lipinski definition) is 2. The van der Waals surface area contributed by atoms with Gasteiger partial charge in [0, 0.05) is 19.1 Å². The van der Waals surface area contributed by atoms with Gasteiger partial charge in [0.15, 0.2) is 0 Å². The lowest BCUT2D eigenvalue weighted by atomic mass is 10.1. The van der Waals surface area contributed by atoms with E-state index in [0.717, 1.165) is 13.1 Å². The van der Waals surface area contributed by atoms with Crippen molar-refractivity contribution in [2.45, 2.75) is 39.1 Å². The highest BCUT2D eigenvalue weighted by atomic mass is 16.3. The second-order valence-electron chi connectivity index (χ2n) is 4.15. The third-order valence-corrected chi connectivity index (χ3v) is 3.14. The molecule has 1 aromatic carbocycles. The Balaban J connectivity index is 2.12. The summed E-state index contributed by atoms with van der Waals surface area (Å²) < 4.78 is 0. The highest BCUT2D eigenvalue weighted by Crippen LogP contribution is 2.24. The number of aliphatic hydroxyl groups is 1. The quantitative estimate of drug-likeness (QED) is 0.770. The van der Waals surface area contributed by atoms with Gasteiger partial charge in [0.2, 0.25) is 0 Å². The van der Waals surface area contributed by atoms with Gasteiger partial charge in [-0.2, -0.15) is 0 Å². The van der Waals surface area contributed by atoms with Gasteiger partial charge in [-0.15, -0.1) is 0 Å². The first-order chi connectivity index (χ1) is 6.68. The molecule has 1 aliphatic rings. The Morgan fingerprint density at radius 2 is 1.64 bits per heavy atom. The SMILES string of the molecule is CC(O)C(C)N1Cc2ccccc2C1. The molecule has 1 N–H and O–H groups in total. The van der Waals surface area contributed by atoms with E-state index in [-0.39, 0.29) is 12.1 Å². The minimum atomic E-state index is -0.260. The standard InChI is InChI=1S/C12H17NO/c1-9(10(2)14)13-7-11-5-3-4-6-12(11)8-13/h3-6,9-10,14H,7-8H2,1-2H3. The molecule has 0 fully saturated rings. The first kappa shape index (κ1) is 9.69. The van der Waals surface area contributed by atoms with Gasteiger partial charge in [0.25, 0.3) is 0 Å². The van der Waals surface area contributed by atoms with Gasteiger partial charge < -0.3 is 5.11 Å². The van der Waals surface area contributed by atoms with E-state index in [1.807, 2.05) is 6.92 Å². The van der Waals surface area contributed by atoms with Gasteiger partial charge in [-0.1, -0.05) is 24.3 Å². The molecule has 1 aliphatic heterocycles. The monoisotopic (exact) mass is 191 g/mol. The summed E-state index contributed by atoms with van der Waals surface area (Å²) in [5.74, 6) is 0. The lowest BCUT2D eigenvalue weighted by molar-refractivity contribution is 0.0691. The van der Waals surface area contributed by atoms with Gasteiger partial charge in [-0.3, -0.25) is 4.90 Å². The normalized spacial score (nSPS) is 20.5. The van der Waals surface area contributed by atoms with E-state index >= 15 is 0 Å². The molecule has 76 valence electrons. The van der Waals surface area contributed by atoms with Crippen molar-refractivity contribution >= 4 is 0 Å². The van der Waals surface area contributed by atoms with Crippen LogP contribution in [0.5, 0.6) is 0 Å². The summed E-state index contributed by atoms with van der Waals surface area (Å²) >= 11 is 0. The lowest BCUT2D eigenvalue weighted by Crippen LogP contribution is -2.36. The molecule has 1 heterocycles. The summed E-state index contributed by atoms with van der Waals surface area (Å²) in [5.41, 5.74) is 2.81. The second kappa shape index (κ2) is 3.71. The van der Waals surface area contributed by atoms with Crippen LogP contribution < -0.4 is 0 Å². The number of fused-ring (bicyclic) bond motifs is 1. The van der Waals surface area contributed by atoms with E-state index in [9.17, 15) is 5.11 Å². The summed E-state index contributed by atoms with van der Waals surface area (Å²) in [5, 5.41) is 9.52. The molecule has 2 atom stereocenters. The molecule has 0 amide bonds. The Labute approximate surface area is 85.2 Å². The smallest absolute Gasteiger partial charge is 0.0664 e. The number of hydrogen-bond donors (Lipinski definition) is 1. The van der Waals surface area contributed by atoms with Crippen LogP contribution in [0.15, 0.2) is 24.3 Å². The van der Waals surface area contributed by atoms with Crippen LogP contribution in [-0.2, 0) is 13.1 Å². The van der Waals surface area contributed by atoms with E-state index in [1.165, 1.54) is 11.1 Å². The number of benzene rings is 1. The summed E-state index contributed by atoms with van der Waals surface area (Å²) in [4.78, 5) is 2.31. The van der Waals surface area contributed by atoms with Crippen LogP contribution in [0.3, 0.4) is 0 Å². The van der Waals surface area contributed by atoms with E-state index in [2.05, 4.69) is 36.1 Å². The van der Waals surface area contributed by atoms with Crippen LogP contribution in [-0.4, -0.2) is 22.2 Å². The van der Waals surface area contributed by atoms with Gasteiger partial charge in [0.05, 0.1) is 6.10 Å². The molecular weight excluding hydrogens is 174 g/mol. The molecule has 2 rings (SSSR count). The summed E-state index contributed by atoms with van der Waals surface area (Å²) in [6, 6.07) is 8.74. The van der Waals surface area contributed by atoms with E-state index in [4.69, 9.17) is 0 Å². The molecule has 0 radical (unpaired) electrons. The van der Waals surface area contributed by atoms with Crippen LogP contribution in [0.4, 0.5) is 0 Å². The number of rotatable bonds is 2. The van der Waals surface area contributed by atoms with Gasteiger partial charge in [-0.25, -0.2) is 0 Å². The number of nitrogens with zero attached hydrogens (tertiary/aromatic N) is 1. The maximum Gasteiger partial charge on any atom is 0.0664 e. The van der Waals surface area contributed by atoms with Crippen LogP contribution in [0.2, 0.25) is 0 Å². The molecule has 0 aliphatic carbocycles. The van der Waals surface area contributed by atoms with Crippen LogP contribution in [0.1, 0.15) is 25.0 Å². The molecular formula is C12H17NO. The molecule has 0 spiro atoms. The predicted octanol–water partition coefficient (Wildman–Crippen LogP) is 1.77. The molecule has 14 heavy (non-hydrogen) atoms. The van der Waals surface area contributed by atoms with Crippen molar-refractivity contribution in [3.63, 3.8) is 0 Å². The molecule has 0 saturated carbocycles. The van der Waals surface area contributed by atoms with Gasteiger partial charge >= 0.3 is 0 Å². The van der Waals surface area contributed by atoms with Crippen molar-refractivity contribution in [3.05, 3.63) is 35.4 Å². The number of aliphatic hydroxyl groups excluding tert-OH is 1. The van der Waals surface area contributed by atoms with E-state index < -0.39 is 0 Å². The van der Waals surface area contributed by atoms with Gasteiger partial charge in [-0.05, 0) is 25.0 Å². The van der Waals surface area contributed by atoms with Crippen LogP contribution in [0, 0.1) is 0 Å². The minimum absolute atomic E-state index is 0.238. The average molecular weight is 191 g/mol. The molecule has 2 nitrogen and oxygen atoms in total. The third kappa shape index (κ3) is 1.68. The van der Waals surface area contributed by atoms with Crippen molar-refractivity contribution < 1.29 is 5.11 Å². The second-order valence-corrected chi connectivity index (χ2v) is 4.15. The van der Waals surface area contributed by atoms with E-state index in [0.29, 0.717) is 0 Å². The van der Waals surface area contributed by atoms with E-state index in [1.54, 1.807) is 0 Å².